The summed E-state index contributed by atoms with van der Waals surface area (Å²) < 4.78 is 4.33. The van der Waals surface area contributed by atoms with E-state index in [0.29, 0.717) is 23.9 Å². The molecule has 2 bridgehead atoms. The van der Waals surface area contributed by atoms with Gasteiger partial charge in [-0.05, 0) is 97.5 Å². The van der Waals surface area contributed by atoms with Gasteiger partial charge in [-0.2, -0.15) is 5.10 Å². The van der Waals surface area contributed by atoms with Crippen molar-refractivity contribution in [1.29, 1.82) is 0 Å². The molecule has 5 aromatic rings. The minimum Gasteiger partial charge on any atom is -0.348 e. The average Bonchev–Trinajstić information content (AvgIpc) is 3.23. The lowest BCUT2D eigenvalue weighted by Gasteiger charge is -2.27. The Morgan fingerprint density at radius 3 is 2.63 bits per heavy atom. The van der Waals surface area contributed by atoms with E-state index in [4.69, 9.17) is 10.8 Å². The van der Waals surface area contributed by atoms with E-state index >= 15 is 0 Å². The molecular weight excluding hydrogens is 536 g/mol. The summed E-state index contributed by atoms with van der Waals surface area (Å²) in [5.41, 5.74) is 16.5. The number of piperidine rings is 1. The first kappa shape index (κ1) is 25.1. The zero-order valence-corrected chi connectivity index (χ0v) is 24.2. The van der Waals surface area contributed by atoms with Crippen molar-refractivity contribution in [2.24, 2.45) is 17.6 Å². The molecule has 0 radical (unpaired) electrons. The van der Waals surface area contributed by atoms with E-state index in [2.05, 4.69) is 47.1 Å². The molecule has 3 fully saturated rings. The molecule has 3 unspecified atom stereocenters. The Labute approximate surface area is 249 Å². The molecule has 8 nitrogen and oxygen atoms in total. The van der Waals surface area contributed by atoms with Crippen molar-refractivity contribution in [2.45, 2.75) is 57.8 Å². The number of fused-ring (bicyclic) bond motifs is 5. The maximum absolute atomic E-state index is 13.5. The van der Waals surface area contributed by atoms with Gasteiger partial charge < -0.3 is 20.5 Å². The molecule has 0 spiro atoms. The molecule has 4 aliphatic rings. The Hall–Kier alpha value is -4.43. The molecule has 43 heavy (non-hydrogen) atoms. The molecule has 5 heterocycles. The van der Waals surface area contributed by atoms with Crippen molar-refractivity contribution in [3.63, 3.8) is 0 Å². The number of carbonyl (C=O) groups is 2. The van der Waals surface area contributed by atoms with Gasteiger partial charge in [-0.25, -0.2) is 4.52 Å². The highest BCUT2D eigenvalue weighted by Gasteiger charge is 2.46. The van der Waals surface area contributed by atoms with Crippen LogP contribution < -0.4 is 11.1 Å². The second-order valence-corrected chi connectivity index (χ2v) is 13.1. The van der Waals surface area contributed by atoms with Gasteiger partial charge in [-0.1, -0.05) is 18.2 Å². The van der Waals surface area contributed by atoms with Crippen LogP contribution in [0.3, 0.4) is 0 Å². The molecule has 2 aliphatic heterocycles. The van der Waals surface area contributed by atoms with Crippen LogP contribution in [0.5, 0.6) is 0 Å². The number of rotatable bonds is 5. The van der Waals surface area contributed by atoms with E-state index in [1.807, 2.05) is 39.9 Å². The summed E-state index contributed by atoms with van der Waals surface area (Å²) in [7, 11) is 0. The number of aromatic nitrogens is 3. The summed E-state index contributed by atoms with van der Waals surface area (Å²) in [5, 5.41) is 9.19. The number of hydrogen-bond donors (Lipinski definition) is 2. The van der Waals surface area contributed by atoms with Crippen molar-refractivity contribution in [3.8, 4) is 22.5 Å². The molecule has 2 saturated carbocycles. The van der Waals surface area contributed by atoms with E-state index in [-0.39, 0.29) is 23.9 Å². The Morgan fingerprint density at radius 1 is 1.00 bits per heavy atom. The minimum absolute atomic E-state index is 0.00603. The van der Waals surface area contributed by atoms with Crippen LogP contribution in [-0.2, 0) is 13.1 Å². The third-order valence-corrected chi connectivity index (χ3v) is 10.4. The molecule has 3 aromatic heterocycles. The van der Waals surface area contributed by atoms with Crippen LogP contribution in [0.25, 0.3) is 38.9 Å². The number of amides is 2. The predicted octanol–water partition coefficient (Wildman–Crippen LogP) is 5.15. The van der Waals surface area contributed by atoms with Crippen LogP contribution in [0.4, 0.5) is 0 Å². The highest BCUT2D eigenvalue weighted by Crippen LogP contribution is 2.40. The van der Waals surface area contributed by atoms with E-state index in [9.17, 15) is 9.59 Å². The highest BCUT2D eigenvalue weighted by molar-refractivity contribution is 5.99. The van der Waals surface area contributed by atoms with Crippen LogP contribution >= 0.6 is 0 Å². The van der Waals surface area contributed by atoms with Crippen LogP contribution in [0.1, 0.15) is 57.5 Å². The zero-order valence-electron chi connectivity index (χ0n) is 24.2. The van der Waals surface area contributed by atoms with Gasteiger partial charge in [-0.15, -0.1) is 0 Å². The SMILES string of the molecule is Cc1c(-c2cc3ccc(-c4ccc5c(c4)CNC5=O)cc3n2CC2CC2)nn2cc(C(=O)N3CC4CCC3C4N)ccc12. The third-order valence-electron chi connectivity index (χ3n) is 10.4. The van der Waals surface area contributed by atoms with Crippen molar-refractivity contribution < 1.29 is 9.59 Å². The molecule has 3 N–H and O–H groups in total. The van der Waals surface area contributed by atoms with Crippen molar-refractivity contribution >= 4 is 28.2 Å². The lowest BCUT2D eigenvalue weighted by Crippen LogP contribution is -2.41. The van der Waals surface area contributed by atoms with E-state index in [1.165, 1.54) is 23.7 Å². The lowest BCUT2D eigenvalue weighted by molar-refractivity contribution is 0.0700. The van der Waals surface area contributed by atoms with Crippen LogP contribution in [0.15, 0.2) is 60.8 Å². The summed E-state index contributed by atoms with van der Waals surface area (Å²) >= 11 is 0. The van der Waals surface area contributed by atoms with E-state index in [1.54, 1.807) is 0 Å². The van der Waals surface area contributed by atoms with Gasteiger partial charge in [-0.3, -0.25) is 9.59 Å². The monoisotopic (exact) mass is 570 g/mol. The van der Waals surface area contributed by atoms with Gasteiger partial charge in [0, 0.05) is 59.9 Å². The van der Waals surface area contributed by atoms with Crippen LogP contribution in [0.2, 0.25) is 0 Å². The normalized spacial score (nSPS) is 22.6. The fraction of sp³-hybridized carbons (Fsp3) is 0.343. The standard InChI is InChI=1S/C35H34N6O2/c1-19-28-10-8-25(35(43)40-17-24-7-11-29(40)32(24)36)18-41(28)38-33(19)31-14-23-5-4-22(13-30(23)39(31)16-20-2-3-20)21-6-9-27-26(12-21)15-37-34(27)42/h4-6,8-10,12-14,18,20,24,29,32H,2-3,7,11,15-17,36H2,1H3,(H,37,42). The number of aryl methyl sites for hydroxylation is 1. The molecule has 2 amide bonds. The zero-order chi connectivity index (χ0) is 29.0. The van der Waals surface area contributed by atoms with Gasteiger partial charge in [0.05, 0.1) is 16.8 Å². The number of nitrogens with one attached hydrogen (secondary N) is 1. The van der Waals surface area contributed by atoms with Gasteiger partial charge in [0.1, 0.15) is 5.69 Å². The number of carbonyl (C=O) groups excluding carboxylic acids is 2. The molecule has 8 heteroatoms. The fourth-order valence-electron chi connectivity index (χ4n) is 7.79. The van der Waals surface area contributed by atoms with Gasteiger partial charge in [0.15, 0.2) is 0 Å². The highest BCUT2D eigenvalue weighted by atomic mass is 16.2. The van der Waals surface area contributed by atoms with Gasteiger partial charge in [0.2, 0.25) is 0 Å². The minimum atomic E-state index is 0.00603. The van der Waals surface area contributed by atoms with Gasteiger partial charge in [0.25, 0.3) is 11.8 Å². The first-order valence-corrected chi connectivity index (χ1v) is 15.5. The summed E-state index contributed by atoms with van der Waals surface area (Å²) in [4.78, 5) is 27.6. The lowest BCUT2D eigenvalue weighted by atomic mass is 9.99. The molecule has 2 aromatic carbocycles. The van der Waals surface area contributed by atoms with Crippen molar-refractivity contribution in [3.05, 3.63) is 83.0 Å². The molecule has 9 rings (SSSR count). The third kappa shape index (κ3) is 3.82. The quantitative estimate of drug-likeness (QED) is 0.306. The van der Waals surface area contributed by atoms with Crippen LogP contribution in [-0.4, -0.2) is 49.5 Å². The van der Waals surface area contributed by atoms with Crippen molar-refractivity contribution in [2.75, 3.05) is 6.54 Å². The second kappa shape index (κ2) is 9.04. The predicted molar refractivity (Wildman–Crippen MR) is 166 cm³/mol. The Balaban J connectivity index is 1.11. The van der Waals surface area contributed by atoms with E-state index in [0.717, 1.165) is 70.7 Å². The topological polar surface area (TPSA) is 97.7 Å². The fourth-order valence-corrected chi connectivity index (χ4v) is 7.79. The number of likely N-dealkylation sites (tertiary alicyclic amines) is 1. The molecule has 1 saturated heterocycles. The number of pyridine rings is 1. The summed E-state index contributed by atoms with van der Waals surface area (Å²) in [6, 6.07) is 19.3. The largest absolute Gasteiger partial charge is 0.348 e. The van der Waals surface area contributed by atoms with Crippen molar-refractivity contribution in [1.82, 2.24) is 24.4 Å². The summed E-state index contributed by atoms with van der Waals surface area (Å²) in [5.74, 6) is 1.17. The Kier molecular flexibility index (Phi) is 5.27. The summed E-state index contributed by atoms with van der Waals surface area (Å²) in [6.07, 6.45) is 6.52. The first-order chi connectivity index (χ1) is 20.9. The number of benzene rings is 2. The number of hydrogen-bond acceptors (Lipinski definition) is 4. The summed E-state index contributed by atoms with van der Waals surface area (Å²) in [6.45, 7) is 4.43. The molecule has 3 atom stereocenters. The van der Waals surface area contributed by atoms with Crippen LogP contribution in [0, 0.1) is 18.8 Å². The first-order valence-electron chi connectivity index (χ1n) is 15.5. The molecule has 2 aliphatic carbocycles. The van der Waals surface area contributed by atoms with Gasteiger partial charge >= 0.3 is 0 Å². The molecular formula is C35H34N6O2. The second-order valence-electron chi connectivity index (χ2n) is 13.1. The smallest absolute Gasteiger partial charge is 0.255 e. The Morgan fingerprint density at radius 2 is 1.84 bits per heavy atom. The maximum Gasteiger partial charge on any atom is 0.255 e. The number of nitrogens with two attached hydrogens (primary N) is 1. The number of nitrogens with zero attached hydrogens (tertiary/aromatic N) is 4. The van der Waals surface area contributed by atoms with E-state index < -0.39 is 0 Å². The Bertz CT molecular complexity index is 2000. The average molecular weight is 571 g/mol. The maximum atomic E-state index is 13.5. The molecule has 216 valence electrons.